The standard InChI is InChI=1S/C21H30O2/c1-12-18-11-14(23)7-9-21(18,4)17-8-10-20(3)15(13(2)22)5-6-16(20)19(12)17/h11-12,15-17,19H,5-10H2,1-4H3/t12-,15+,16-,17-,19-,20-,21+/m0/s1. The zero-order chi connectivity index (χ0) is 16.6. The van der Waals surface area contributed by atoms with Crippen LogP contribution in [0.15, 0.2) is 11.6 Å². The molecule has 4 aliphatic rings. The average Bonchev–Trinajstić information content (AvgIpc) is 2.94. The van der Waals surface area contributed by atoms with Gasteiger partial charge in [0.05, 0.1) is 0 Å². The van der Waals surface area contributed by atoms with E-state index in [9.17, 15) is 9.59 Å². The number of fused-ring (bicyclic) bond motifs is 5. The van der Waals surface area contributed by atoms with E-state index < -0.39 is 0 Å². The molecule has 3 fully saturated rings. The molecule has 0 saturated heterocycles. The molecule has 2 heteroatoms. The molecule has 0 heterocycles. The lowest BCUT2D eigenvalue weighted by Crippen LogP contribution is -2.45. The molecule has 126 valence electrons. The summed E-state index contributed by atoms with van der Waals surface area (Å²) in [4.78, 5) is 24.2. The molecule has 0 aromatic heterocycles. The Bertz CT molecular complexity index is 603. The first-order valence-electron chi connectivity index (χ1n) is 9.54. The van der Waals surface area contributed by atoms with Gasteiger partial charge in [0.25, 0.3) is 0 Å². The molecule has 0 aliphatic heterocycles. The molecular formula is C21H30O2. The lowest BCUT2D eigenvalue weighted by molar-refractivity contribution is -0.126. The smallest absolute Gasteiger partial charge is 0.155 e. The van der Waals surface area contributed by atoms with Crippen LogP contribution in [0.5, 0.6) is 0 Å². The summed E-state index contributed by atoms with van der Waals surface area (Å²) in [6, 6.07) is 0. The Hall–Kier alpha value is -0.920. The van der Waals surface area contributed by atoms with Gasteiger partial charge in [-0.15, -0.1) is 0 Å². The molecule has 0 bridgehead atoms. The lowest BCUT2D eigenvalue weighted by Gasteiger charge is -2.49. The maximum Gasteiger partial charge on any atom is 0.155 e. The summed E-state index contributed by atoms with van der Waals surface area (Å²) in [6.45, 7) is 8.97. The fourth-order valence-corrected chi connectivity index (χ4v) is 7.50. The molecule has 0 aromatic carbocycles. The topological polar surface area (TPSA) is 34.1 Å². The SMILES string of the molecule is CC(=O)[C@H]1CC[C@H]2[C@@H]3[C@@H](C)C4=CC(=O)CC[C@]4(C)[C@H]3CC[C@@]12C. The molecule has 0 unspecified atom stereocenters. The maximum absolute atomic E-state index is 12.2. The van der Waals surface area contributed by atoms with Gasteiger partial charge in [-0.3, -0.25) is 9.59 Å². The van der Waals surface area contributed by atoms with Crippen molar-refractivity contribution in [3.63, 3.8) is 0 Å². The van der Waals surface area contributed by atoms with Crippen molar-refractivity contribution in [2.45, 2.75) is 66.2 Å². The van der Waals surface area contributed by atoms with Crippen molar-refractivity contribution < 1.29 is 9.59 Å². The first-order chi connectivity index (χ1) is 10.8. The van der Waals surface area contributed by atoms with E-state index in [1.807, 2.05) is 6.08 Å². The summed E-state index contributed by atoms with van der Waals surface area (Å²) in [5, 5.41) is 0. The van der Waals surface area contributed by atoms with E-state index in [-0.39, 0.29) is 16.7 Å². The summed E-state index contributed by atoms with van der Waals surface area (Å²) in [6.07, 6.45) is 8.52. The van der Waals surface area contributed by atoms with Gasteiger partial charge in [-0.05, 0) is 79.6 Å². The van der Waals surface area contributed by atoms with E-state index in [0.29, 0.717) is 29.3 Å². The van der Waals surface area contributed by atoms with Crippen LogP contribution < -0.4 is 0 Å². The van der Waals surface area contributed by atoms with Crippen molar-refractivity contribution in [1.82, 2.24) is 0 Å². The average molecular weight is 314 g/mol. The Kier molecular flexibility index (Phi) is 3.26. The predicted molar refractivity (Wildman–Crippen MR) is 90.8 cm³/mol. The third-order valence-corrected chi connectivity index (χ3v) is 8.58. The number of ketones is 2. The molecular weight excluding hydrogens is 284 g/mol. The number of Topliss-reactive ketones (excluding diaryl/α,β-unsaturated/α-hetero) is 1. The van der Waals surface area contributed by atoms with E-state index in [1.165, 1.54) is 24.8 Å². The van der Waals surface area contributed by atoms with E-state index >= 15 is 0 Å². The van der Waals surface area contributed by atoms with Crippen molar-refractivity contribution in [3.05, 3.63) is 11.6 Å². The van der Waals surface area contributed by atoms with Crippen LogP contribution in [-0.2, 0) is 9.59 Å². The highest BCUT2D eigenvalue weighted by atomic mass is 16.1. The summed E-state index contributed by atoms with van der Waals surface area (Å²) in [5.74, 6) is 3.59. The van der Waals surface area contributed by atoms with Crippen LogP contribution in [0.2, 0.25) is 0 Å². The van der Waals surface area contributed by atoms with E-state index in [2.05, 4.69) is 20.8 Å². The van der Waals surface area contributed by atoms with Gasteiger partial charge in [-0.2, -0.15) is 0 Å². The second-order valence-corrected chi connectivity index (χ2v) is 9.35. The van der Waals surface area contributed by atoms with Crippen LogP contribution in [0.25, 0.3) is 0 Å². The second kappa shape index (κ2) is 4.80. The maximum atomic E-state index is 12.2. The Balaban J connectivity index is 1.75. The normalized spacial score (nSPS) is 51.7. The minimum absolute atomic E-state index is 0.204. The molecule has 4 rings (SSSR count). The molecule has 7 atom stereocenters. The third kappa shape index (κ3) is 1.87. The molecule has 4 aliphatic carbocycles. The molecule has 0 radical (unpaired) electrons. The van der Waals surface area contributed by atoms with Gasteiger partial charge in [0.2, 0.25) is 0 Å². The number of hydrogen-bond donors (Lipinski definition) is 0. The summed E-state index contributed by atoms with van der Waals surface area (Å²) in [7, 11) is 0. The van der Waals surface area contributed by atoms with Crippen LogP contribution in [0, 0.1) is 40.4 Å². The Morgan fingerprint density at radius 2 is 1.87 bits per heavy atom. The zero-order valence-electron chi connectivity index (χ0n) is 15.0. The van der Waals surface area contributed by atoms with Crippen molar-refractivity contribution in [2.24, 2.45) is 40.4 Å². The quantitative estimate of drug-likeness (QED) is 0.710. The molecule has 2 nitrogen and oxygen atoms in total. The molecule has 3 saturated carbocycles. The number of rotatable bonds is 1. The lowest BCUT2D eigenvalue weighted by atomic mass is 9.54. The van der Waals surface area contributed by atoms with Crippen LogP contribution in [0.3, 0.4) is 0 Å². The number of carbonyl (C=O) groups excluding carboxylic acids is 2. The molecule has 0 spiro atoms. The van der Waals surface area contributed by atoms with Crippen LogP contribution in [0.4, 0.5) is 0 Å². The summed E-state index contributed by atoms with van der Waals surface area (Å²) in [5.41, 5.74) is 1.89. The molecule has 0 N–H and O–H groups in total. The summed E-state index contributed by atoms with van der Waals surface area (Å²) >= 11 is 0. The van der Waals surface area contributed by atoms with Gasteiger partial charge in [0.15, 0.2) is 5.78 Å². The minimum atomic E-state index is 0.204. The molecule has 0 aromatic rings. The van der Waals surface area contributed by atoms with Gasteiger partial charge < -0.3 is 0 Å². The van der Waals surface area contributed by atoms with Crippen LogP contribution in [0.1, 0.15) is 66.2 Å². The first-order valence-corrected chi connectivity index (χ1v) is 9.54. The van der Waals surface area contributed by atoms with E-state index in [4.69, 9.17) is 0 Å². The molecule has 0 amide bonds. The van der Waals surface area contributed by atoms with Crippen molar-refractivity contribution in [2.75, 3.05) is 0 Å². The van der Waals surface area contributed by atoms with Crippen molar-refractivity contribution >= 4 is 11.6 Å². The Morgan fingerprint density at radius 1 is 1.13 bits per heavy atom. The highest BCUT2D eigenvalue weighted by molar-refractivity contribution is 5.92. The molecule has 23 heavy (non-hydrogen) atoms. The van der Waals surface area contributed by atoms with Gasteiger partial charge in [-0.25, -0.2) is 0 Å². The van der Waals surface area contributed by atoms with Gasteiger partial charge >= 0.3 is 0 Å². The Morgan fingerprint density at radius 3 is 2.57 bits per heavy atom. The Labute approximate surface area is 140 Å². The number of allylic oxidation sites excluding steroid dienone is 2. The van der Waals surface area contributed by atoms with E-state index in [0.717, 1.165) is 25.2 Å². The number of carbonyl (C=O) groups is 2. The largest absolute Gasteiger partial charge is 0.300 e. The van der Waals surface area contributed by atoms with Crippen LogP contribution >= 0.6 is 0 Å². The van der Waals surface area contributed by atoms with Gasteiger partial charge in [0, 0.05) is 12.3 Å². The van der Waals surface area contributed by atoms with Crippen molar-refractivity contribution in [1.29, 1.82) is 0 Å². The summed E-state index contributed by atoms with van der Waals surface area (Å²) < 4.78 is 0. The minimum Gasteiger partial charge on any atom is -0.300 e. The van der Waals surface area contributed by atoms with E-state index in [1.54, 1.807) is 6.92 Å². The second-order valence-electron chi connectivity index (χ2n) is 9.35. The van der Waals surface area contributed by atoms with Gasteiger partial charge in [-0.1, -0.05) is 26.3 Å². The highest BCUT2D eigenvalue weighted by Crippen LogP contribution is 2.70. The zero-order valence-corrected chi connectivity index (χ0v) is 15.0. The number of hydrogen-bond acceptors (Lipinski definition) is 2. The fraction of sp³-hybridized carbons (Fsp3) is 0.810. The van der Waals surface area contributed by atoms with Crippen LogP contribution in [-0.4, -0.2) is 11.6 Å². The highest BCUT2D eigenvalue weighted by Gasteiger charge is 2.63. The predicted octanol–water partition coefficient (Wildman–Crippen LogP) is 4.58. The van der Waals surface area contributed by atoms with Gasteiger partial charge in [0.1, 0.15) is 5.78 Å². The first kappa shape index (κ1) is 15.6. The monoisotopic (exact) mass is 314 g/mol. The van der Waals surface area contributed by atoms with Crippen molar-refractivity contribution in [3.8, 4) is 0 Å². The fourth-order valence-electron chi connectivity index (χ4n) is 7.50. The third-order valence-electron chi connectivity index (χ3n) is 8.58.